The number of rotatable bonds is 5. The molecule has 1 atom stereocenters. The Balaban J connectivity index is 0.00000220. The van der Waals surface area contributed by atoms with Gasteiger partial charge in [0.25, 0.3) is 0 Å². The molecular formula is C16H13CuNO3. The second kappa shape index (κ2) is 8.25. The molecule has 0 fully saturated rings. The molecule has 0 aromatic heterocycles. The molecule has 0 saturated heterocycles. The predicted octanol–water partition coefficient (Wildman–Crippen LogP) is 0.538. The number of hydrogen-bond acceptors (Lipinski definition) is 4. The smallest absolute Gasteiger partial charge is 0.872 e. The molecule has 0 heterocycles. The average Bonchev–Trinajstić information content (AvgIpc) is 2.46. The molecule has 111 valence electrons. The number of hydrogen-bond donors (Lipinski definition) is 0. The van der Waals surface area contributed by atoms with Gasteiger partial charge in [0.1, 0.15) is 0 Å². The Kier molecular flexibility index (Phi) is 6.66. The molecule has 1 radical (unpaired) electrons. The van der Waals surface area contributed by atoms with Crippen molar-refractivity contribution in [2.24, 2.45) is 4.99 Å². The third-order valence-electron chi connectivity index (χ3n) is 2.86. The summed E-state index contributed by atoms with van der Waals surface area (Å²) in [6.45, 7) is 0. The molecule has 0 bridgehead atoms. The fourth-order valence-electron chi connectivity index (χ4n) is 1.79. The number of para-hydroxylation sites is 1. The Morgan fingerprint density at radius 3 is 2.33 bits per heavy atom. The number of benzene rings is 2. The quantitative estimate of drug-likeness (QED) is 0.593. The van der Waals surface area contributed by atoms with Crippen molar-refractivity contribution in [2.45, 2.75) is 12.5 Å². The van der Waals surface area contributed by atoms with Gasteiger partial charge in [0.2, 0.25) is 0 Å². The van der Waals surface area contributed by atoms with Crippen LogP contribution in [0.5, 0.6) is 5.75 Å². The van der Waals surface area contributed by atoms with E-state index in [1.54, 1.807) is 18.2 Å². The first-order valence-corrected chi connectivity index (χ1v) is 6.21. The van der Waals surface area contributed by atoms with Crippen molar-refractivity contribution >= 4 is 12.2 Å². The number of carboxylic acid groups (broad SMARTS) is 1. The van der Waals surface area contributed by atoms with Crippen LogP contribution in [0.4, 0.5) is 0 Å². The van der Waals surface area contributed by atoms with Gasteiger partial charge in [-0.25, -0.2) is 0 Å². The summed E-state index contributed by atoms with van der Waals surface area (Å²) in [5.41, 5.74) is 1.22. The molecule has 0 spiro atoms. The zero-order valence-electron chi connectivity index (χ0n) is 11.0. The van der Waals surface area contributed by atoms with Crippen molar-refractivity contribution < 1.29 is 32.1 Å². The summed E-state index contributed by atoms with van der Waals surface area (Å²) in [5.74, 6) is -1.44. The fourth-order valence-corrected chi connectivity index (χ4v) is 1.79. The summed E-state index contributed by atoms with van der Waals surface area (Å²) < 4.78 is 0. The van der Waals surface area contributed by atoms with Gasteiger partial charge in [0.05, 0.1) is 12.0 Å². The van der Waals surface area contributed by atoms with Crippen LogP contribution < -0.4 is 10.2 Å². The first kappa shape index (κ1) is 17.0. The molecule has 0 amide bonds. The maximum Gasteiger partial charge on any atom is 2.00 e. The molecule has 2 rings (SSSR count). The van der Waals surface area contributed by atoms with E-state index in [1.165, 1.54) is 12.3 Å². The molecule has 2 aromatic carbocycles. The van der Waals surface area contributed by atoms with E-state index in [0.29, 0.717) is 5.56 Å². The molecule has 0 aliphatic rings. The van der Waals surface area contributed by atoms with E-state index < -0.39 is 12.0 Å². The monoisotopic (exact) mass is 330 g/mol. The molecule has 1 unspecified atom stereocenters. The maximum absolute atomic E-state index is 11.5. The summed E-state index contributed by atoms with van der Waals surface area (Å²) in [6, 6.07) is 14.5. The van der Waals surface area contributed by atoms with Gasteiger partial charge in [-0.15, -0.1) is 5.75 Å². The molecule has 0 aliphatic heterocycles. The largest absolute Gasteiger partial charge is 2.00 e. The van der Waals surface area contributed by atoms with E-state index in [9.17, 15) is 15.0 Å². The molecule has 4 nitrogen and oxygen atoms in total. The van der Waals surface area contributed by atoms with Gasteiger partial charge in [-0.2, -0.15) is 0 Å². The van der Waals surface area contributed by atoms with E-state index in [-0.39, 0.29) is 29.2 Å². The van der Waals surface area contributed by atoms with Gasteiger partial charge >= 0.3 is 17.1 Å². The SMILES string of the molecule is O=C([O-])C(Cc1ccccc1)N=Cc1ccccc1[O-].[Cu+2]. The minimum atomic E-state index is -1.26. The van der Waals surface area contributed by atoms with Gasteiger partial charge in [0, 0.05) is 12.6 Å². The van der Waals surface area contributed by atoms with Crippen LogP contribution in [0.2, 0.25) is 0 Å². The third kappa shape index (κ3) is 5.06. The second-order valence-corrected chi connectivity index (χ2v) is 4.34. The number of aliphatic carboxylic acids is 1. The van der Waals surface area contributed by atoms with Crippen LogP contribution in [0, 0.1) is 0 Å². The van der Waals surface area contributed by atoms with Crippen LogP contribution in [0.3, 0.4) is 0 Å². The average molecular weight is 331 g/mol. The van der Waals surface area contributed by atoms with Crippen molar-refractivity contribution in [2.75, 3.05) is 0 Å². The van der Waals surface area contributed by atoms with Gasteiger partial charge in [0.15, 0.2) is 0 Å². The predicted molar refractivity (Wildman–Crippen MR) is 72.4 cm³/mol. The zero-order chi connectivity index (χ0) is 14.4. The molecule has 2 aromatic rings. The Hall–Kier alpha value is -2.10. The molecule has 0 aliphatic carbocycles. The summed E-state index contributed by atoms with van der Waals surface area (Å²) in [7, 11) is 0. The van der Waals surface area contributed by atoms with Crippen molar-refractivity contribution in [1.82, 2.24) is 0 Å². The summed E-state index contributed by atoms with van der Waals surface area (Å²) in [4.78, 5) is 15.1. The number of aliphatic imine (C=N–C) groups is 1. The summed E-state index contributed by atoms with van der Waals surface area (Å²) in [5, 5.41) is 22.6. The molecule has 0 N–H and O–H groups in total. The van der Waals surface area contributed by atoms with Crippen LogP contribution in [-0.2, 0) is 28.3 Å². The minimum absolute atomic E-state index is 0. The van der Waals surface area contributed by atoms with Crippen LogP contribution in [-0.4, -0.2) is 18.2 Å². The summed E-state index contributed by atoms with van der Waals surface area (Å²) >= 11 is 0. The van der Waals surface area contributed by atoms with E-state index in [4.69, 9.17) is 0 Å². The maximum atomic E-state index is 11.5. The van der Waals surface area contributed by atoms with Crippen LogP contribution in [0.15, 0.2) is 59.6 Å². The Morgan fingerprint density at radius 1 is 1.10 bits per heavy atom. The van der Waals surface area contributed by atoms with Gasteiger partial charge in [-0.05, 0) is 11.1 Å². The van der Waals surface area contributed by atoms with Crippen molar-refractivity contribution in [3.8, 4) is 5.75 Å². The number of nitrogens with zero attached hydrogens (tertiary/aromatic N) is 1. The topological polar surface area (TPSA) is 75.5 Å². The molecule has 5 heteroatoms. The Morgan fingerprint density at radius 2 is 1.71 bits per heavy atom. The Bertz CT molecular complexity index is 614. The van der Waals surface area contributed by atoms with E-state index >= 15 is 0 Å². The Labute approximate surface area is 133 Å². The summed E-state index contributed by atoms with van der Waals surface area (Å²) in [6.07, 6.45) is 1.53. The van der Waals surface area contributed by atoms with Gasteiger partial charge in [-0.3, -0.25) is 4.99 Å². The second-order valence-electron chi connectivity index (χ2n) is 4.34. The van der Waals surface area contributed by atoms with E-state index in [0.717, 1.165) is 5.56 Å². The molecule has 21 heavy (non-hydrogen) atoms. The molecular weight excluding hydrogens is 318 g/mol. The van der Waals surface area contributed by atoms with E-state index in [1.807, 2.05) is 30.3 Å². The normalized spacial score (nSPS) is 11.8. The first-order valence-electron chi connectivity index (χ1n) is 6.21. The van der Waals surface area contributed by atoms with Gasteiger partial charge < -0.3 is 15.0 Å². The third-order valence-corrected chi connectivity index (χ3v) is 2.86. The first-order chi connectivity index (χ1) is 9.66. The van der Waals surface area contributed by atoms with E-state index in [2.05, 4.69) is 4.99 Å². The van der Waals surface area contributed by atoms with Crippen molar-refractivity contribution in [1.29, 1.82) is 0 Å². The number of carbonyl (C=O) groups is 1. The van der Waals surface area contributed by atoms with Crippen LogP contribution in [0.25, 0.3) is 0 Å². The minimum Gasteiger partial charge on any atom is -0.872 e. The van der Waals surface area contributed by atoms with Gasteiger partial charge in [-0.1, -0.05) is 54.6 Å². The number of carboxylic acids is 1. The van der Waals surface area contributed by atoms with Crippen molar-refractivity contribution in [3.63, 3.8) is 0 Å². The number of carbonyl (C=O) groups excluding carboxylic acids is 1. The van der Waals surface area contributed by atoms with Crippen LogP contribution in [0.1, 0.15) is 11.1 Å². The van der Waals surface area contributed by atoms with Crippen LogP contribution >= 0.6 is 0 Å². The molecule has 0 saturated carbocycles. The van der Waals surface area contributed by atoms with Crippen molar-refractivity contribution in [3.05, 3.63) is 65.7 Å². The standard InChI is InChI=1S/C16H15NO3.Cu/c18-15-9-5-4-8-13(15)11-17-14(16(19)20)10-12-6-2-1-3-7-12;/h1-9,11,14,18H,10H2,(H,19,20);/q;+2/p-2. The zero-order valence-corrected chi connectivity index (χ0v) is 12.0. The fraction of sp³-hybridized carbons (Fsp3) is 0.125.